The van der Waals surface area contributed by atoms with E-state index in [1.807, 2.05) is 0 Å². The largest absolute Gasteiger partial charge is 0.321 e. The Morgan fingerprint density at radius 1 is 1.09 bits per heavy atom. The third-order valence-electron chi connectivity index (χ3n) is 3.28. The number of rotatable bonds is 2. The summed E-state index contributed by atoms with van der Waals surface area (Å²) in [5, 5.41) is 7.75. The minimum atomic E-state index is -3.86. The summed E-state index contributed by atoms with van der Waals surface area (Å²) >= 11 is 0. The van der Waals surface area contributed by atoms with Gasteiger partial charge in [-0.3, -0.25) is 4.79 Å². The molecule has 0 saturated carbocycles. The first-order valence-corrected chi connectivity index (χ1v) is 7.85. The van der Waals surface area contributed by atoms with Crippen LogP contribution in [0.2, 0.25) is 0 Å². The molecule has 0 aromatic heterocycles. The number of halogens is 1. The summed E-state index contributed by atoms with van der Waals surface area (Å²) in [6.45, 7) is 0. The van der Waals surface area contributed by atoms with E-state index in [4.69, 9.17) is 5.14 Å². The molecule has 1 aliphatic heterocycles. The van der Waals surface area contributed by atoms with Gasteiger partial charge in [0.1, 0.15) is 5.82 Å². The molecule has 7 heteroatoms. The highest BCUT2D eigenvalue weighted by molar-refractivity contribution is 7.89. The predicted molar refractivity (Wildman–Crippen MR) is 80.7 cm³/mol. The lowest BCUT2D eigenvalue weighted by Crippen LogP contribution is -2.12. The average Bonchev–Trinajstić information content (AvgIpc) is 2.76. The van der Waals surface area contributed by atoms with Crippen molar-refractivity contribution in [1.82, 2.24) is 0 Å². The van der Waals surface area contributed by atoms with Crippen molar-refractivity contribution in [3.63, 3.8) is 0 Å². The molecule has 3 N–H and O–H groups in total. The lowest BCUT2D eigenvalue weighted by atomic mass is 10.0. The maximum absolute atomic E-state index is 12.9. The standard InChI is InChI=1S/C15H11FN2O3S/c16-10-3-1-9(2-4-10)7-13-12-8-11(22(17,20)21)5-6-14(12)18-15(13)19/h1-8H,(H,18,19)(H2,17,20,21)/b13-7+. The number of anilines is 1. The molecule has 2 aromatic carbocycles. The minimum absolute atomic E-state index is 0.0762. The van der Waals surface area contributed by atoms with Crippen molar-refractivity contribution in [2.45, 2.75) is 4.90 Å². The molecular weight excluding hydrogens is 307 g/mol. The maximum Gasteiger partial charge on any atom is 0.256 e. The fourth-order valence-electron chi connectivity index (χ4n) is 2.21. The molecule has 112 valence electrons. The molecule has 0 aliphatic carbocycles. The minimum Gasteiger partial charge on any atom is -0.321 e. The van der Waals surface area contributed by atoms with Crippen molar-refractivity contribution in [1.29, 1.82) is 0 Å². The Labute approximate surface area is 126 Å². The van der Waals surface area contributed by atoms with Crippen LogP contribution >= 0.6 is 0 Å². The van der Waals surface area contributed by atoms with Crippen LogP contribution in [0.3, 0.4) is 0 Å². The van der Waals surface area contributed by atoms with Gasteiger partial charge in [0.2, 0.25) is 10.0 Å². The second kappa shape index (κ2) is 5.04. The summed E-state index contributed by atoms with van der Waals surface area (Å²) in [6, 6.07) is 9.77. The molecule has 2 aromatic rings. The number of fused-ring (bicyclic) bond motifs is 1. The van der Waals surface area contributed by atoms with Crippen LogP contribution in [0, 0.1) is 5.82 Å². The van der Waals surface area contributed by atoms with Crippen molar-refractivity contribution in [2.75, 3.05) is 5.32 Å². The topological polar surface area (TPSA) is 89.3 Å². The molecular formula is C15H11FN2O3S. The highest BCUT2D eigenvalue weighted by atomic mass is 32.2. The van der Waals surface area contributed by atoms with Gasteiger partial charge in [-0.15, -0.1) is 0 Å². The highest BCUT2D eigenvalue weighted by Gasteiger charge is 2.25. The van der Waals surface area contributed by atoms with Gasteiger partial charge < -0.3 is 5.32 Å². The van der Waals surface area contributed by atoms with E-state index in [9.17, 15) is 17.6 Å². The van der Waals surface area contributed by atoms with Gasteiger partial charge in [-0.25, -0.2) is 17.9 Å². The Morgan fingerprint density at radius 3 is 2.41 bits per heavy atom. The van der Waals surface area contributed by atoms with Crippen LogP contribution in [0.25, 0.3) is 11.6 Å². The Morgan fingerprint density at radius 2 is 1.77 bits per heavy atom. The first kappa shape index (κ1) is 14.4. The van der Waals surface area contributed by atoms with Crippen LogP contribution in [0.5, 0.6) is 0 Å². The second-order valence-corrected chi connectivity index (χ2v) is 6.38. The van der Waals surface area contributed by atoms with Crippen LogP contribution in [0.1, 0.15) is 11.1 Å². The first-order chi connectivity index (χ1) is 10.3. The first-order valence-electron chi connectivity index (χ1n) is 6.30. The predicted octanol–water partition coefficient (Wildman–Crippen LogP) is 1.97. The number of nitrogens with two attached hydrogens (primary N) is 1. The molecule has 0 atom stereocenters. The summed E-state index contributed by atoms with van der Waals surface area (Å²) in [6.07, 6.45) is 1.56. The van der Waals surface area contributed by atoms with Gasteiger partial charge in [-0.2, -0.15) is 0 Å². The van der Waals surface area contributed by atoms with Crippen molar-refractivity contribution in [3.8, 4) is 0 Å². The van der Waals surface area contributed by atoms with E-state index in [-0.39, 0.29) is 16.6 Å². The Kier molecular flexibility index (Phi) is 3.31. The average molecular weight is 318 g/mol. The van der Waals surface area contributed by atoms with Crippen LogP contribution in [-0.2, 0) is 14.8 Å². The number of benzene rings is 2. The molecule has 0 fully saturated rings. The maximum atomic E-state index is 12.9. The summed E-state index contributed by atoms with van der Waals surface area (Å²) in [5.74, 6) is -0.735. The van der Waals surface area contributed by atoms with E-state index in [1.54, 1.807) is 6.08 Å². The Bertz CT molecular complexity index is 903. The van der Waals surface area contributed by atoms with Crippen LogP contribution in [0.4, 0.5) is 10.1 Å². The van der Waals surface area contributed by atoms with Gasteiger partial charge in [0.15, 0.2) is 0 Å². The van der Waals surface area contributed by atoms with Gasteiger partial charge >= 0.3 is 0 Å². The van der Waals surface area contributed by atoms with E-state index in [0.717, 1.165) is 0 Å². The van der Waals surface area contributed by atoms with Crippen molar-refractivity contribution < 1.29 is 17.6 Å². The number of carbonyl (C=O) groups excluding carboxylic acids is 1. The van der Waals surface area contributed by atoms with E-state index in [0.29, 0.717) is 22.4 Å². The zero-order valence-electron chi connectivity index (χ0n) is 11.2. The number of sulfonamides is 1. The quantitative estimate of drug-likeness (QED) is 0.830. The van der Waals surface area contributed by atoms with Gasteiger partial charge in [0.25, 0.3) is 5.91 Å². The molecule has 0 spiro atoms. The normalized spacial score (nSPS) is 15.7. The number of carbonyl (C=O) groups is 1. The third kappa shape index (κ3) is 2.63. The number of hydrogen-bond donors (Lipinski definition) is 2. The summed E-state index contributed by atoms with van der Waals surface area (Å²) in [4.78, 5) is 12.0. The van der Waals surface area contributed by atoms with Gasteiger partial charge in [-0.05, 0) is 42.0 Å². The molecule has 0 saturated heterocycles. The monoisotopic (exact) mass is 318 g/mol. The van der Waals surface area contributed by atoms with Crippen molar-refractivity contribution in [2.24, 2.45) is 5.14 Å². The molecule has 0 bridgehead atoms. The molecule has 5 nitrogen and oxygen atoms in total. The second-order valence-electron chi connectivity index (χ2n) is 4.82. The molecule has 0 unspecified atom stereocenters. The van der Waals surface area contributed by atoms with Crippen LogP contribution in [-0.4, -0.2) is 14.3 Å². The lowest BCUT2D eigenvalue weighted by molar-refractivity contribution is -0.110. The number of nitrogens with one attached hydrogen (secondary N) is 1. The van der Waals surface area contributed by atoms with E-state index in [2.05, 4.69) is 5.32 Å². The van der Waals surface area contributed by atoms with Gasteiger partial charge in [-0.1, -0.05) is 12.1 Å². The number of amides is 1. The van der Waals surface area contributed by atoms with E-state index in [1.165, 1.54) is 42.5 Å². The van der Waals surface area contributed by atoms with Gasteiger partial charge in [0.05, 0.1) is 4.90 Å². The molecule has 1 heterocycles. The third-order valence-corrected chi connectivity index (χ3v) is 4.19. The smallest absolute Gasteiger partial charge is 0.256 e. The highest BCUT2D eigenvalue weighted by Crippen LogP contribution is 2.34. The Balaban J connectivity index is 2.12. The van der Waals surface area contributed by atoms with Crippen LogP contribution < -0.4 is 10.5 Å². The molecule has 1 amide bonds. The summed E-state index contributed by atoms with van der Waals surface area (Å²) < 4.78 is 35.8. The lowest BCUT2D eigenvalue weighted by Gasteiger charge is -2.02. The van der Waals surface area contributed by atoms with Crippen molar-refractivity contribution in [3.05, 3.63) is 59.4 Å². The fraction of sp³-hybridized carbons (Fsp3) is 0. The SMILES string of the molecule is NS(=O)(=O)c1ccc2c(c1)/C(=C\c1ccc(F)cc1)C(=O)N2. The van der Waals surface area contributed by atoms with E-state index >= 15 is 0 Å². The molecule has 3 rings (SSSR count). The molecule has 0 radical (unpaired) electrons. The summed E-state index contributed by atoms with van der Waals surface area (Å²) in [5.41, 5.74) is 1.87. The zero-order valence-corrected chi connectivity index (χ0v) is 12.0. The van der Waals surface area contributed by atoms with E-state index < -0.39 is 10.0 Å². The molecule has 22 heavy (non-hydrogen) atoms. The Hall–Kier alpha value is -2.51. The molecule has 1 aliphatic rings. The fourth-order valence-corrected chi connectivity index (χ4v) is 2.75. The van der Waals surface area contributed by atoms with Crippen molar-refractivity contribution >= 4 is 33.3 Å². The van der Waals surface area contributed by atoms with Crippen LogP contribution in [0.15, 0.2) is 47.4 Å². The summed E-state index contributed by atoms with van der Waals surface area (Å²) in [7, 11) is -3.86. The number of hydrogen-bond acceptors (Lipinski definition) is 3. The number of primary sulfonamides is 1. The zero-order chi connectivity index (χ0) is 15.9. The van der Waals surface area contributed by atoms with Gasteiger partial charge in [0, 0.05) is 16.8 Å².